The van der Waals surface area contributed by atoms with Crippen LogP contribution in [0.25, 0.3) is 0 Å². The van der Waals surface area contributed by atoms with Crippen molar-refractivity contribution >= 4 is 12.0 Å². The van der Waals surface area contributed by atoms with Crippen molar-refractivity contribution in [3.8, 4) is 0 Å². The molecule has 0 aliphatic carbocycles. The van der Waals surface area contributed by atoms with E-state index in [1.807, 2.05) is 19.9 Å². The van der Waals surface area contributed by atoms with Crippen molar-refractivity contribution in [1.82, 2.24) is 14.9 Å². The highest BCUT2D eigenvalue weighted by Gasteiger charge is 2.48. The summed E-state index contributed by atoms with van der Waals surface area (Å²) in [5.74, 6) is 0.431. The van der Waals surface area contributed by atoms with Gasteiger partial charge in [0.05, 0.1) is 12.6 Å². The lowest BCUT2D eigenvalue weighted by Gasteiger charge is -2.22. The highest BCUT2D eigenvalue weighted by molar-refractivity contribution is 5.71. The van der Waals surface area contributed by atoms with Gasteiger partial charge >= 0.3 is 6.09 Å². The Kier molecular flexibility index (Phi) is 4.22. The van der Waals surface area contributed by atoms with Gasteiger partial charge in [0.2, 0.25) is 5.95 Å². The predicted octanol–water partition coefficient (Wildman–Crippen LogP) is 2.48. The van der Waals surface area contributed by atoms with Gasteiger partial charge in [0.1, 0.15) is 11.9 Å². The molecule has 0 spiro atoms. The summed E-state index contributed by atoms with van der Waals surface area (Å²) in [5.41, 5.74) is 2.85. The number of amides is 1. The third kappa shape index (κ3) is 3.21. The highest BCUT2D eigenvalue weighted by Crippen LogP contribution is 2.29. The molecule has 2 fully saturated rings. The molecule has 2 aliphatic heterocycles. The number of aryl methyl sites for hydroxylation is 2. The Morgan fingerprint density at radius 2 is 1.85 bits per heavy atom. The summed E-state index contributed by atoms with van der Waals surface area (Å²) in [7, 11) is 0. The van der Waals surface area contributed by atoms with Crippen LogP contribution in [0.5, 0.6) is 0 Å². The van der Waals surface area contributed by atoms with Crippen molar-refractivity contribution in [2.45, 2.75) is 32.4 Å². The molecule has 6 nitrogen and oxygen atoms in total. The first-order valence-corrected chi connectivity index (χ1v) is 8.78. The summed E-state index contributed by atoms with van der Waals surface area (Å²) in [6.45, 7) is 5.70. The number of hydrogen-bond donors (Lipinski definition) is 0. The zero-order chi connectivity index (χ0) is 18.3. The van der Waals surface area contributed by atoms with Crippen LogP contribution in [0, 0.1) is 19.7 Å². The first-order chi connectivity index (χ1) is 12.5. The first kappa shape index (κ1) is 16.8. The molecule has 0 unspecified atom stereocenters. The summed E-state index contributed by atoms with van der Waals surface area (Å²) >= 11 is 0. The molecule has 4 rings (SSSR count). The third-order valence-corrected chi connectivity index (χ3v) is 4.93. The summed E-state index contributed by atoms with van der Waals surface area (Å²) in [5, 5.41) is 0. The molecule has 3 heterocycles. The van der Waals surface area contributed by atoms with E-state index in [1.165, 1.54) is 12.1 Å². The van der Waals surface area contributed by atoms with E-state index in [0.29, 0.717) is 32.0 Å². The van der Waals surface area contributed by atoms with Gasteiger partial charge in [0, 0.05) is 24.5 Å². The number of nitrogens with zero attached hydrogens (tertiary/aromatic N) is 4. The van der Waals surface area contributed by atoms with E-state index in [1.54, 1.807) is 17.0 Å². The van der Waals surface area contributed by atoms with Crippen LogP contribution in [0.3, 0.4) is 0 Å². The Morgan fingerprint density at radius 3 is 2.54 bits per heavy atom. The monoisotopic (exact) mass is 356 g/mol. The molecule has 136 valence electrons. The molecule has 1 amide bonds. The summed E-state index contributed by atoms with van der Waals surface area (Å²) < 4.78 is 18.6. The van der Waals surface area contributed by atoms with E-state index in [0.717, 1.165) is 17.0 Å². The van der Waals surface area contributed by atoms with Crippen molar-refractivity contribution in [3.05, 3.63) is 53.1 Å². The SMILES string of the molecule is Cc1cc(C)nc(N2C[C@H]3OC(=O)N(CCc4ccc(F)cc4)[C@H]3C2)n1. The summed E-state index contributed by atoms with van der Waals surface area (Å²) in [6, 6.07) is 8.31. The molecule has 26 heavy (non-hydrogen) atoms. The van der Waals surface area contributed by atoms with E-state index < -0.39 is 0 Å². The van der Waals surface area contributed by atoms with Gasteiger partial charge in [-0.3, -0.25) is 4.90 Å². The Morgan fingerprint density at radius 1 is 1.15 bits per heavy atom. The Bertz CT molecular complexity index is 807. The lowest BCUT2D eigenvalue weighted by Crippen LogP contribution is -2.39. The fourth-order valence-electron chi connectivity index (χ4n) is 3.67. The second-order valence-corrected chi connectivity index (χ2v) is 6.92. The van der Waals surface area contributed by atoms with Crippen molar-refractivity contribution in [1.29, 1.82) is 0 Å². The quantitative estimate of drug-likeness (QED) is 0.842. The van der Waals surface area contributed by atoms with Crippen LogP contribution in [-0.4, -0.2) is 52.7 Å². The normalized spacial score (nSPS) is 21.9. The molecule has 2 aromatic rings. The fourth-order valence-corrected chi connectivity index (χ4v) is 3.67. The molecule has 2 aliphatic rings. The molecule has 7 heteroatoms. The predicted molar refractivity (Wildman–Crippen MR) is 94.6 cm³/mol. The summed E-state index contributed by atoms with van der Waals surface area (Å²) in [4.78, 5) is 25.1. The lowest BCUT2D eigenvalue weighted by molar-refractivity contribution is 0.136. The van der Waals surface area contributed by atoms with Gasteiger partial charge in [0.15, 0.2) is 0 Å². The molecule has 2 atom stereocenters. The van der Waals surface area contributed by atoms with Gasteiger partial charge in [-0.1, -0.05) is 12.1 Å². The number of carbonyl (C=O) groups is 1. The largest absolute Gasteiger partial charge is 0.442 e. The zero-order valence-corrected chi connectivity index (χ0v) is 14.9. The van der Waals surface area contributed by atoms with Crippen LogP contribution in [-0.2, 0) is 11.2 Å². The number of anilines is 1. The minimum absolute atomic E-state index is 0.00707. The first-order valence-electron chi connectivity index (χ1n) is 8.78. The maximum Gasteiger partial charge on any atom is 0.410 e. The lowest BCUT2D eigenvalue weighted by atomic mass is 10.1. The minimum Gasteiger partial charge on any atom is -0.442 e. The average molecular weight is 356 g/mol. The Labute approximate surface area is 151 Å². The molecule has 0 N–H and O–H groups in total. The van der Waals surface area contributed by atoms with Gasteiger partial charge in [-0.05, 0) is 44.0 Å². The van der Waals surface area contributed by atoms with Crippen LogP contribution in [0.2, 0.25) is 0 Å². The molecular formula is C19H21FN4O2. The number of hydrogen-bond acceptors (Lipinski definition) is 5. The number of rotatable bonds is 4. The van der Waals surface area contributed by atoms with Crippen LogP contribution in [0.15, 0.2) is 30.3 Å². The second-order valence-electron chi connectivity index (χ2n) is 6.92. The van der Waals surface area contributed by atoms with E-state index >= 15 is 0 Å². The Hall–Kier alpha value is -2.70. The highest BCUT2D eigenvalue weighted by atomic mass is 19.1. The Balaban J connectivity index is 1.45. The molecule has 0 bridgehead atoms. The van der Waals surface area contributed by atoms with Gasteiger partial charge in [0.25, 0.3) is 0 Å². The van der Waals surface area contributed by atoms with Crippen LogP contribution in [0.1, 0.15) is 17.0 Å². The standard InChI is InChI=1S/C19H21FN4O2/c1-12-9-13(2)22-18(21-12)23-10-16-17(11-23)26-19(25)24(16)8-7-14-3-5-15(20)6-4-14/h3-6,9,16-17H,7-8,10-11H2,1-2H3/t16-,17+/m0/s1. The van der Waals surface area contributed by atoms with E-state index in [-0.39, 0.29) is 24.1 Å². The minimum atomic E-state index is -0.275. The number of halogens is 1. The van der Waals surface area contributed by atoms with E-state index in [9.17, 15) is 9.18 Å². The average Bonchev–Trinajstić information content (AvgIpc) is 3.11. The van der Waals surface area contributed by atoms with Crippen LogP contribution < -0.4 is 4.90 Å². The maximum absolute atomic E-state index is 13.0. The second kappa shape index (κ2) is 6.55. The number of fused-ring (bicyclic) bond motifs is 1. The van der Waals surface area contributed by atoms with Crippen LogP contribution in [0.4, 0.5) is 15.1 Å². The number of aromatic nitrogens is 2. The fraction of sp³-hybridized carbons (Fsp3) is 0.421. The van der Waals surface area contributed by atoms with Crippen molar-refractivity contribution in [3.63, 3.8) is 0 Å². The van der Waals surface area contributed by atoms with Gasteiger partial charge in [-0.2, -0.15) is 0 Å². The van der Waals surface area contributed by atoms with Gasteiger partial charge in [-0.15, -0.1) is 0 Å². The molecular weight excluding hydrogens is 335 g/mol. The van der Waals surface area contributed by atoms with E-state index in [4.69, 9.17) is 4.74 Å². The number of carbonyl (C=O) groups excluding carboxylic acids is 1. The van der Waals surface area contributed by atoms with Gasteiger partial charge in [-0.25, -0.2) is 19.2 Å². The van der Waals surface area contributed by atoms with Crippen molar-refractivity contribution in [2.75, 3.05) is 24.5 Å². The molecule has 0 radical (unpaired) electrons. The van der Waals surface area contributed by atoms with E-state index in [2.05, 4.69) is 14.9 Å². The zero-order valence-electron chi connectivity index (χ0n) is 14.9. The smallest absolute Gasteiger partial charge is 0.410 e. The molecule has 1 aromatic heterocycles. The number of ether oxygens (including phenoxy) is 1. The maximum atomic E-state index is 13.0. The third-order valence-electron chi connectivity index (χ3n) is 4.93. The van der Waals surface area contributed by atoms with Crippen molar-refractivity contribution < 1.29 is 13.9 Å². The molecule has 2 saturated heterocycles. The van der Waals surface area contributed by atoms with Crippen molar-refractivity contribution in [2.24, 2.45) is 0 Å². The van der Waals surface area contributed by atoms with Crippen LogP contribution >= 0.6 is 0 Å². The molecule has 1 aromatic carbocycles. The topological polar surface area (TPSA) is 58.6 Å². The van der Waals surface area contributed by atoms with Gasteiger partial charge < -0.3 is 9.64 Å². The summed E-state index contributed by atoms with van der Waals surface area (Å²) in [6.07, 6.45) is 0.224. The molecule has 0 saturated carbocycles. The number of benzene rings is 1.